The molecule has 0 unspecified atom stereocenters. The van der Waals surface area contributed by atoms with Crippen LogP contribution in [0, 0.1) is 5.82 Å². The summed E-state index contributed by atoms with van der Waals surface area (Å²) < 4.78 is 13.6. The molecule has 62 valence electrons. The summed E-state index contributed by atoms with van der Waals surface area (Å²) in [6, 6.07) is 4.41. The maximum atomic E-state index is 12.9. The zero-order chi connectivity index (χ0) is 8.72. The number of nitrogens with two attached hydrogens (primary N) is 1. The van der Waals surface area contributed by atoms with Crippen LogP contribution in [-0.4, -0.2) is 5.11 Å². The van der Waals surface area contributed by atoms with Crippen LogP contribution in [0.1, 0.15) is 0 Å². The van der Waals surface area contributed by atoms with Crippen LogP contribution in [0.25, 0.3) is 10.1 Å². The third-order valence-electron chi connectivity index (χ3n) is 1.62. The van der Waals surface area contributed by atoms with Crippen molar-refractivity contribution < 1.29 is 9.50 Å². The van der Waals surface area contributed by atoms with E-state index in [0.29, 0.717) is 4.70 Å². The molecule has 2 nitrogen and oxygen atoms in total. The minimum Gasteiger partial charge on any atom is -0.499 e. The van der Waals surface area contributed by atoms with Crippen molar-refractivity contribution in [2.24, 2.45) is 0 Å². The fourth-order valence-electron chi connectivity index (χ4n) is 1.07. The Bertz CT molecular complexity index is 399. The van der Waals surface area contributed by atoms with Gasteiger partial charge < -0.3 is 10.8 Å². The van der Waals surface area contributed by atoms with E-state index >= 15 is 0 Å². The Kier molecular flexibility index (Phi) is 1.44. The molecule has 0 spiro atoms. The molecule has 0 bridgehead atoms. The summed E-state index contributed by atoms with van der Waals surface area (Å²) in [4.78, 5) is 0. The van der Waals surface area contributed by atoms with E-state index in [-0.39, 0.29) is 10.8 Å². The first-order valence-electron chi connectivity index (χ1n) is 3.34. The number of nitrogen functional groups attached to an aromatic ring is 1. The number of anilines is 1. The molecule has 0 saturated carbocycles. The number of halogens is 1. The standard InChI is InChI=1S/C8H6FNOS/c9-5-3-7-4(1-6(5)10)2-8(11)12-7/h1-3,11H,10H2. The molecular formula is C8H6FNOS. The summed E-state index contributed by atoms with van der Waals surface area (Å²) >= 11 is 1.13. The van der Waals surface area contributed by atoms with Crippen LogP contribution in [0.15, 0.2) is 18.2 Å². The lowest BCUT2D eigenvalue weighted by Gasteiger charge is -1.94. The molecule has 0 aliphatic carbocycles. The predicted molar refractivity (Wildman–Crippen MR) is 47.9 cm³/mol. The van der Waals surface area contributed by atoms with Crippen molar-refractivity contribution in [2.45, 2.75) is 0 Å². The maximum Gasteiger partial charge on any atom is 0.172 e. The molecule has 1 heterocycles. The third kappa shape index (κ3) is 1.00. The second-order valence-electron chi connectivity index (χ2n) is 2.50. The first-order valence-corrected chi connectivity index (χ1v) is 4.16. The van der Waals surface area contributed by atoms with Crippen molar-refractivity contribution in [1.29, 1.82) is 0 Å². The number of benzene rings is 1. The Hall–Kier alpha value is -1.29. The van der Waals surface area contributed by atoms with Crippen LogP contribution < -0.4 is 5.73 Å². The number of aromatic hydroxyl groups is 1. The van der Waals surface area contributed by atoms with Crippen LogP contribution in [0.3, 0.4) is 0 Å². The number of rotatable bonds is 0. The van der Waals surface area contributed by atoms with E-state index in [4.69, 9.17) is 10.8 Å². The Balaban J connectivity index is 2.83. The molecule has 0 atom stereocenters. The molecule has 12 heavy (non-hydrogen) atoms. The van der Waals surface area contributed by atoms with Gasteiger partial charge in [-0.2, -0.15) is 0 Å². The van der Waals surface area contributed by atoms with Crippen LogP contribution in [0.4, 0.5) is 10.1 Å². The monoisotopic (exact) mass is 183 g/mol. The van der Waals surface area contributed by atoms with E-state index in [9.17, 15) is 4.39 Å². The van der Waals surface area contributed by atoms with E-state index in [2.05, 4.69) is 0 Å². The van der Waals surface area contributed by atoms with E-state index in [1.807, 2.05) is 0 Å². The van der Waals surface area contributed by atoms with Crippen molar-refractivity contribution in [1.82, 2.24) is 0 Å². The second kappa shape index (κ2) is 2.35. The summed E-state index contributed by atoms with van der Waals surface area (Å²) in [5, 5.41) is 10.0. The van der Waals surface area contributed by atoms with Gasteiger partial charge in [0.25, 0.3) is 0 Å². The largest absolute Gasteiger partial charge is 0.499 e. The van der Waals surface area contributed by atoms with E-state index < -0.39 is 5.82 Å². The van der Waals surface area contributed by atoms with E-state index in [0.717, 1.165) is 16.7 Å². The highest BCUT2D eigenvalue weighted by Crippen LogP contribution is 2.32. The number of hydrogen-bond donors (Lipinski definition) is 2. The van der Waals surface area contributed by atoms with Gasteiger partial charge in [0.2, 0.25) is 0 Å². The SMILES string of the molecule is Nc1cc2cc(O)sc2cc1F. The molecule has 0 fully saturated rings. The summed E-state index contributed by atoms with van der Waals surface area (Å²) in [6.07, 6.45) is 0. The Labute approximate surface area is 72.1 Å². The number of thiophene rings is 1. The molecule has 0 saturated heterocycles. The van der Waals surface area contributed by atoms with Gasteiger partial charge in [-0.1, -0.05) is 11.3 Å². The normalized spacial score (nSPS) is 10.8. The highest BCUT2D eigenvalue weighted by molar-refractivity contribution is 7.20. The van der Waals surface area contributed by atoms with E-state index in [1.165, 1.54) is 12.1 Å². The Morgan fingerprint density at radius 1 is 1.33 bits per heavy atom. The summed E-state index contributed by atoms with van der Waals surface area (Å²) in [5.41, 5.74) is 5.45. The first kappa shape index (κ1) is 7.36. The average Bonchev–Trinajstić information content (AvgIpc) is 2.30. The molecule has 1 aromatic heterocycles. The van der Waals surface area contributed by atoms with Crippen molar-refractivity contribution in [3.63, 3.8) is 0 Å². The van der Waals surface area contributed by atoms with Gasteiger partial charge >= 0.3 is 0 Å². The molecule has 2 aromatic rings. The topological polar surface area (TPSA) is 46.2 Å². The third-order valence-corrected chi connectivity index (χ3v) is 2.52. The average molecular weight is 183 g/mol. The molecule has 0 radical (unpaired) electrons. The first-order chi connectivity index (χ1) is 5.66. The van der Waals surface area contributed by atoms with Crippen molar-refractivity contribution in [3.8, 4) is 5.06 Å². The molecule has 4 heteroatoms. The number of fused-ring (bicyclic) bond motifs is 1. The maximum absolute atomic E-state index is 12.9. The van der Waals surface area contributed by atoms with Crippen LogP contribution >= 0.6 is 11.3 Å². The molecule has 0 aliphatic rings. The Morgan fingerprint density at radius 2 is 2.08 bits per heavy atom. The lowest BCUT2D eigenvalue weighted by molar-refractivity contribution is 0.491. The van der Waals surface area contributed by atoms with Gasteiger partial charge in [0, 0.05) is 4.70 Å². The van der Waals surface area contributed by atoms with Gasteiger partial charge in [-0.3, -0.25) is 0 Å². The summed E-state index contributed by atoms with van der Waals surface area (Å²) in [5.74, 6) is -0.440. The molecule has 0 amide bonds. The van der Waals surface area contributed by atoms with Gasteiger partial charge in [0.1, 0.15) is 5.82 Å². The fourth-order valence-corrected chi connectivity index (χ4v) is 1.88. The van der Waals surface area contributed by atoms with Gasteiger partial charge in [-0.15, -0.1) is 0 Å². The van der Waals surface area contributed by atoms with Crippen LogP contribution in [-0.2, 0) is 0 Å². The quantitative estimate of drug-likeness (QED) is 0.616. The lowest BCUT2D eigenvalue weighted by Crippen LogP contribution is -1.88. The minimum atomic E-state index is -0.440. The van der Waals surface area contributed by atoms with Crippen molar-refractivity contribution >= 4 is 27.1 Å². The van der Waals surface area contributed by atoms with E-state index in [1.54, 1.807) is 6.07 Å². The van der Waals surface area contributed by atoms with Crippen molar-refractivity contribution in [2.75, 3.05) is 5.73 Å². The van der Waals surface area contributed by atoms with Gasteiger partial charge in [0.05, 0.1) is 5.69 Å². The zero-order valence-electron chi connectivity index (χ0n) is 6.04. The fraction of sp³-hybridized carbons (Fsp3) is 0. The highest BCUT2D eigenvalue weighted by atomic mass is 32.1. The van der Waals surface area contributed by atoms with Gasteiger partial charge in [-0.05, 0) is 23.6 Å². The lowest BCUT2D eigenvalue weighted by atomic mass is 10.2. The predicted octanol–water partition coefficient (Wildman–Crippen LogP) is 2.33. The molecule has 0 aliphatic heterocycles. The number of hydrogen-bond acceptors (Lipinski definition) is 3. The summed E-state index contributed by atoms with van der Waals surface area (Å²) in [6.45, 7) is 0. The highest BCUT2D eigenvalue weighted by Gasteiger charge is 2.04. The molecule has 2 rings (SSSR count). The second-order valence-corrected chi connectivity index (χ2v) is 3.56. The van der Waals surface area contributed by atoms with Gasteiger partial charge in [0.15, 0.2) is 5.06 Å². The minimum absolute atomic E-state index is 0.111. The molecular weight excluding hydrogens is 177 g/mol. The Morgan fingerprint density at radius 3 is 2.83 bits per heavy atom. The van der Waals surface area contributed by atoms with Gasteiger partial charge in [-0.25, -0.2) is 4.39 Å². The molecule has 1 aromatic carbocycles. The smallest absolute Gasteiger partial charge is 0.172 e. The van der Waals surface area contributed by atoms with Crippen molar-refractivity contribution in [3.05, 3.63) is 24.0 Å². The van der Waals surface area contributed by atoms with Crippen LogP contribution in [0.5, 0.6) is 5.06 Å². The van der Waals surface area contributed by atoms with Crippen LogP contribution in [0.2, 0.25) is 0 Å². The molecule has 3 N–H and O–H groups in total. The zero-order valence-corrected chi connectivity index (χ0v) is 6.86. The summed E-state index contributed by atoms with van der Waals surface area (Å²) in [7, 11) is 0.